The fourth-order valence-electron chi connectivity index (χ4n) is 2.35. The van der Waals surface area contributed by atoms with Crippen molar-refractivity contribution in [3.05, 3.63) is 33.9 Å². The van der Waals surface area contributed by atoms with Gasteiger partial charge in [0.25, 0.3) is 11.6 Å². The molecule has 3 N–H and O–H groups in total. The predicted molar refractivity (Wildman–Crippen MR) is 74.8 cm³/mol. The molecule has 2 rings (SSSR count). The number of hydrogen-bond donors (Lipinski definition) is 2. The number of benzene rings is 1. The molecule has 2 unspecified atom stereocenters. The summed E-state index contributed by atoms with van der Waals surface area (Å²) in [7, 11) is 0. The molecule has 1 aliphatic rings. The lowest BCUT2D eigenvalue weighted by Gasteiger charge is -2.36. The average Bonchev–Trinajstić information content (AvgIpc) is 2.45. The van der Waals surface area contributed by atoms with E-state index in [1.807, 2.05) is 6.92 Å². The Bertz CT molecular complexity index is 563. The number of ether oxygens (including phenoxy) is 1. The standard InChI is InChI=1S/C13H17N3O5/c1-8-5-15(6-10(7-17)21-8)13(18)9-2-3-12(16(19)20)11(14)4-9/h2-4,8,10,17H,5-7,14H2,1H3. The summed E-state index contributed by atoms with van der Waals surface area (Å²) in [5.41, 5.74) is 5.60. The van der Waals surface area contributed by atoms with Crippen LogP contribution < -0.4 is 5.73 Å². The maximum absolute atomic E-state index is 12.4. The number of aliphatic hydroxyl groups is 1. The van der Waals surface area contributed by atoms with Gasteiger partial charge in [0, 0.05) is 24.7 Å². The van der Waals surface area contributed by atoms with E-state index in [9.17, 15) is 14.9 Å². The summed E-state index contributed by atoms with van der Waals surface area (Å²) in [6.07, 6.45) is -0.608. The van der Waals surface area contributed by atoms with Crippen LogP contribution in [0.15, 0.2) is 18.2 Å². The van der Waals surface area contributed by atoms with Crippen LogP contribution in [0.1, 0.15) is 17.3 Å². The quantitative estimate of drug-likeness (QED) is 0.473. The summed E-state index contributed by atoms with van der Waals surface area (Å²) in [4.78, 5) is 24.1. The first-order valence-corrected chi connectivity index (χ1v) is 6.52. The van der Waals surface area contributed by atoms with Crippen molar-refractivity contribution in [2.45, 2.75) is 19.1 Å². The molecule has 0 radical (unpaired) electrons. The fourth-order valence-corrected chi connectivity index (χ4v) is 2.35. The first kappa shape index (κ1) is 15.2. The number of nitrogens with two attached hydrogens (primary N) is 1. The summed E-state index contributed by atoms with van der Waals surface area (Å²) in [6.45, 7) is 2.31. The number of anilines is 1. The number of carbonyl (C=O) groups excluding carboxylic acids is 1. The summed E-state index contributed by atoms with van der Waals surface area (Å²) >= 11 is 0. The molecular weight excluding hydrogens is 278 g/mol. The summed E-state index contributed by atoms with van der Waals surface area (Å²) in [5, 5.41) is 19.9. The minimum Gasteiger partial charge on any atom is -0.394 e. The molecule has 1 amide bonds. The SMILES string of the molecule is CC1CN(C(=O)c2ccc([N+](=O)[O-])c(N)c2)CC(CO)O1. The number of nitrogens with zero attached hydrogens (tertiary/aromatic N) is 2. The Morgan fingerprint density at radius 2 is 2.29 bits per heavy atom. The van der Waals surface area contributed by atoms with Crippen molar-refractivity contribution < 1.29 is 19.6 Å². The van der Waals surface area contributed by atoms with Gasteiger partial charge >= 0.3 is 0 Å². The third kappa shape index (κ3) is 3.29. The molecule has 2 atom stereocenters. The highest BCUT2D eigenvalue weighted by Gasteiger charge is 2.29. The predicted octanol–water partition coefficient (Wildman–Crippen LogP) is 0.399. The van der Waals surface area contributed by atoms with Gasteiger partial charge in [-0.1, -0.05) is 0 Å². The van der Waals surface area contributed by atoms with Crippen LogP contribution in [-0.2, 0) is 4.74 Å². The van der Waals surface area contributed by atoms with Crippen LogP contribution >= 0.6 is 0 Å². The second-order valence-corrected chi connectivity index (χ2v) is 4.99. The van der Waals surface area contributed by atoms with Gasteiger partial charge in [-0.25, -0.2) is 0 Å². The highest BCUT2D eigenvalue weighted by Crippen LogP contribution is 2.23. The van der Waals surface area contributed by atoms with Crippen LogP contribution in [0.4, 0.5) is 11.4 Å². The fraction of sp³-hybridized carbons (Fsp3) is 0.462. The van der Waals surface area contributed by atoms with Crippen LogP contribution in [0.2, 0.25) is 0 Å². The number of nitrogen functional groups attached to an aromatic ring is 1. The van der Waals surface area contributed by atoms with E-state index >= 15 is 0 Å². The van der Waals surface area contributed by atoms with E-state index in [0.29, 0.717) is 6.54 Å². The van der Waals surface area contributed by atoms with Crippen molar-refractivity contribution >= 4 is 17.3 Å². The summed E-state index contributed by atoms with van der Waals surface area (Å²) in [6, 6.07) is 3.90. The maximum atomic E-state index is 12.4. The molecule has 0 aromatic heterocycles. The van der Waals surface area contributed by atoms with Gasteiger partial charge in [0.15, 0.2) is 0 Å². The summed E-state index contributed by atoms with van der Waals surface area (Å²) < 4.78 is 5.47. The Kier molecular flexibility index (Phi) is 4.39. The van der Waals surface area contributed by atoms with Crippen LogP contribution in [0.3, 0.4) is 0 Å². The van der Waals surface area contributed by atoms with Gasteiger partial charge < -0.3 is 20.5 Å². The number of nitro groups is 1. The van der Waals surface area contributed by atoms with Gasteiger partial charge in [0.1, 0.15) is 5.69 Å². The zero-order valence-electron chi connectivity index (χ0n) is 11.6. The number of morpholine rings is 1. The third-order valence-electron chi connectivity index (χ3n) is 3.29. The van der Waals surface area contributed by atoms with Gasteiger partial charge in [0.05, 0.1) is 23.7 Å². The van der Waals surface area contributed by atoms with E-state index in [1.165, 1.54) is 18.2 Å². The zero-order valence-corrected chi connectivity index (χ0v) is 11.6. The van der Waals surface area contributed by atoms with Crippen LogP contribution in [-0.4, -0.2) is 52.7 Å². The number of rotatable bonds is 3. The van der Waals surface area contributed by atoms with E-state index in [0.717, 1.165) is 0 Å². The number of carbonyl (C=O) groups is 1. The molecule has 1 saturated heterocycles. The second-order valence-electron chi connectivity index (χ2n) is 4.99. The maximum Gasteiger partial charge on any atom is 0.292 e. The molecule has 1 fully saturated rings. The van der Waals surface area contributed by atoms with Crippen molar-refractivity contribution in [2.75, 3.05) is 25.4 Å². The Morgan fingerprint density at radius 1 is 1.57 bits per heavy atom. The van der Waals surface area contributed by atoms with Gasteiger partial charge in [-0.3, -0.25) is 14.9 Å². The first-order chi connectivity index (χ1) is 9.92. The van der Waals surface area contributed by atoms with E-state index in [2.05, 4.69) is 0 Å². The summed E-state index contributed by atoms with van der Waals surface area (Å²) in [5.74, 6) is -0.287. The Morgan fingerprint density at radius 3 is 2.86 bits per heavy atom. The lowest BCUT2D eigenvalue weighted by Crippen LogP contribution is -2.50. The van der Waals surface area contributed by atoms with Gasteiger partial charge in [0.2, 0.25) is 0 Å². The molecule has 114 valence electrons. The number of hydrogen-bond acceptors (Lipinski definition) is 6. The zero-order chi connectivity index (χ0) is 15.6. The average molecular weight is 295 g/mol. The largest absolute Gasteiger partial charge is 0.394 e. The lowest BCUT2D eigenvalue weighted by atomic mass is 10.1. The van der Waals surface area contributed by atoms with Crippen molar-refractivity contribution in [3.63, 3.8) is 0 Å². The molecule has 0 bridgehead atoms. The van der Waals surface area contributed by atoms with Crippen molar-refractivity contribution in [1.82, 2.24) is 4.90 Å². The molecule has 1 aromatic rings. The Balaban J connectivity index is 2.19. The van der Waals surface area contributed by atoms with Gasteiger partial charge in [-0.05, 0) is 19.1 Å². The van der Waals surface area contributed by atoms with Crippen LogP contribution in [0.5, 0.6) is 0 Å². The first-order valence-electron chi connectivity index (χ1n) is 6.52. The van der Waals surface area contributed by atoms with Gasteiger partial charge in [-0.2, -0.15) is 0 Å². The van der Waals surface area contributed by atoms with E-state index in [-0.39, 0.29) is 42.1 Å². The normalized spacial score (nSPS) is 22.1. The number of aliphatic hydroxyl groups excluding tert-OH is 1. The van der Waals surface area contributed by atoms with Crippen molar-refractivity contribution in [1.29, 1.82) is 0 Å². The van der Waals surface area contributed by atoms with E-state index < -0.39 is 11.0 Å². The molecule has 8 nitrogen and oxygen atoms in total. The Hall–Kier alpha value is -2.19. The molecule has 0 saturated carbocycles. The molecule has 21 heavy (non-hydrogen) atoms. The molecule has 1 aliphatic heterocycles. The highest BCUT2D eigenvalue weighted by atomic mass is 16.6. The van der Waals surface area contributed by atoms with Crippen molar-refractivity contribution in [2.24, 2.45) is 0 Å². The molecular formula is C13H17N3O5. The number of nitro benzene ring substituents is 1. The molecule has 1 aromatic carbocycles. The van der Waals surface area contributed by atoms with Crippen LogP contribution in [0.25, 0.3) is 0 Å². The van der Waals surface area contributed by atoms with Crippen molar-refractivity contribution in [3.8, 4) is 0 Å². The highest BCUT2D eigenvalue weighted by molar-refractivity contribution is 5.95. The minimum absolute atomic E-state index is 0.0501. The second kappa shape index (κ2) is 6.06. The monoisotopic (exact) mass is 295 g/mol. The topological polar surface area (TPSA) is 119 Å². The molecule has 0 spiro atoms. The van der Waals surface area contributed by atoms with E-state index in [4.69, 9.17) is 15.6 Å². The van der Waals surface area contributed by atoms with E-state index in [1.54, 1.807) is 4.90 Å². The van der Waals surface area contributed by atoms with Gasteiger partial charge in [-0.15, -0.1) is 0 Å². The molecule has 8 heteroatoms. The van der Waals surface area contributed by atoms with Crippen LogP contribution in [0, 0.1) is 10.1 Å². The molecule has 0 aliphatic carbocycles. The smallest absolute Gasteiger partial charge is 0.292 e. The molecule has 1 heterocycles. The Labute approximate surface area is 121 Å². The lowest BCUT2D eigenvalue weighted by molar-refractivity contribution is -0.383. The minimum atomic E-state index is -0.595. The third-order valence-corrected chi connectivity index (χ3v) is 3.29. The number of amides is 1.